The predicted molar refractivity (Wildman–Crippen MR) is 114 cm³/mol. The molecule has 1 saturated carbocycles. The Morgan fingerprint density at radius 3 is 1.57 bits per heavy atom. The summed E-state index contributed by atoms with van der Waals surface area (Å²) in [7, 11) is 0. The first-order chi connectivity index (χ1) is 14.5. The monoisotopic (exact) mass is 396 g/mol. The zero-order chi connectivity index (χ0) is 20.3. The van der Waals surface area contributed by atoms with Crippen molar-refractivity contribution in [3.63, 3.8) is 0 Å². The minimum atomic E-state index is -0.235. The maximum atomic E-state index is 13.5. The average Bonchev–Trinajstić information content (AvgIpc) is 3.09. The van der Waals surface area contributed by atoms with Crippen LogP contribution in [0.1, 0.15) is 22.3 Å². The third-order valence-corrected chi connectivity index (χ3v) is 7.39. The first-order valence-electron chi connectivity index (χ1n) is 10.5. The molecule has 2 amide bonds. The Morgan fingerprint density at radius 1 is 0.700 bits per heavy atom. The van der Waals surface area contributed by atoms with Gasteiger partial charge in [0.1, 0.15) is 11.7 Å². The summed E-state index contributed by atoms with van der Waals surface area (Å²) in [6, 6.07) is 12.3. The quantitative estimate of drug-likeness (QED) is 0.687. The van der Waals surface area contributed by atoms with E-state index in [2.05, 4.69) is 12.1 Å². The van der Waals surface area contributed by atoms with Crippen molar-refractivity contribution in [1.82, 2.24) is 0 Å². The Balaban J connectivity index is 1.32. The lowest BCUT2D eigenvalue weighted by Gasteiger charge is -2.39. The number of anilines is 2. The second-order valence-corrected chi connectivity index (χ2v) is 9.06. The van der Waals surface area contributed by atoms with Crippen molar-refractivity contribution in [2.24, 2.45) is 33.7 Å². The van der Waals surface area contributed by atoms with Crippen LogP contribution in [0.15, 0.2) is 46.4 Å². The van der Waals surface area contributed by atoms with E-state index in [0.29, 0.717) is 13.1 Å². The van der Waals surface area contributed by atoms with Gasteiger partial charge in [0.05, 0.1) is 36.3 Å². The fourth-order valence-electron chi connectivity index (χ4n) is 6.11. The van der Waals surface area contributed by atoms with Gasteiger partial charge in [0.2, 0.25) is 11.8 Å². The van der Waals surface area contributed by atoms with Gasteiger partial charge in [-0.15, -0.1) is 0 Å². The largest absolute Gasteiger partial charge is 0.274 e. The lowest BCUT2D eigenvalue weighted by Crippen LogP contribution is -2.50. The fraction of sp³-hybridized carbons (Fsp3) is 0.333. The van der Waals surface area contributed by atoms with Crippen LogP contribution < -0.4 is 9.80 Å². The summed E-state index contributed by atoms with van der Waals surface area (Å²) in [5.74, 6) is 0.953. The van der Waals surface area contributed by atoms with Crippen LogP contribution in [0.2, 0.25) is 0 Å². The summed E-state index contributed by atoms with van der Waals surface area (Å²) in [5, 5.41) is 0. The van der Waals surface area contributed by atoms with Gasteiger partial charge in [-0.2, -0.15) is 0 Å². The highest BCUT2D eigenvalue weighted by Gasteiger charge is 2.72. The van der Waals surface area contributed by atoms with E-state index < -0.39 is 0 Å². The first kappa shape index (κ1) is 16.5. The van der Waals surface area contributed by atoms with Gasteiger partial charge in [-0.05, 0) is 37.1 Å². The zero-order valence-electron chi connectivity index (χ0n) is 16.8. The summed E-state index contributed by atoms with van der Waals surface area (Å²) in [4.78, 5) is 40.2. The Labute approximate surface area is 173 Å². The number of aryl methyl sites for hydroxylation is 2. The molecular weight excluding hydrogens is 376 g/mol. The van der Waals surface area contributed by atoms with Gasteiger partial charge in [-0.25, -0.2) is 0 Å². The highest BCUT2D eigenvalue weighted by atomic mass is 16.2. The van der Waals surface area contributed by atoms with E-state index >= 15 is 0 Å². The molecule has 6 nitrogen and oxygen atoms in total. The Bertz CT molecular complexity index is 1150. The first-order valence-corrected chi connectivity index (χ1v) is 10.5. The standard InChI is InChI=1S/C24H20N4O2/c1-11-3-5-15-13(7-11)9-25-21-17-19(23(29)27(15)21)18-20(17)24(30)28-16-6-4-12(2)8-14(16)10-26-22(18)28/h3-8,17-20H,9-10H2,1-2H3. The van der Waals surface area contributed by atoms with Gasteiger partial charge in [-0.3, -0.25) is 29.4 Å². The fourth-order valence-corrected chi connectivity index (χ4v) is 6.11. The van der Waals surface area contributed by atoms with E-state index in [4.69, 9.17) is 9.98 Å². The molecular formula is C24H20N4O2. The van der Waals surface area contributed by atoms with Gasteiger partial charge in [-0.1, -0.05) is 35.4 Å². The molecule has 30 heavy (non-hydrogen) atoms. The molecule has 0 aromatic heterocycles. The number of amidine groups is 2. The molecule has 0 atom stereocenters. The molecule has 0 spiro atoms. The number of fused-ring (bicyclic) bond motifs is 12. The molecule has 4 aliphatic heterocycles. The van der Waals surface area contributed by atoms with Crippen LogP contribution in [-0.4, -0.2) is 23.5 Å². The molecule has 1 aliphatic carbocycles. The van der Waals surface area contributed by atoms with Crippen molar-refractivity contribution in [3.05, 3.63) is 58.7 Å². The summed E-state index contributed by atoms with van der Waals surface area (Å²) in [6.45, 7) is 5.23. The number of amides is 2. The van der Waals surface area contributed by atoms with Gasteiger partial charge in [0, 0.05) is 11.8 Å². The summed E-state index contributed by atoms with van der Waals surface area (Å²) in [6.07, 6.45) is 0. The SMILES string of the molecule is Cc1ccc2c(c1)CN=C1C3C(C(=O)N12)C1C2=NCc4cc(C)ccc4N2C(=O)C31. The molecule has 2 aromatic rings. The molecule has 0 unspecified atom stereocenters. The van der Waals surface area contributed by atoms with Crippen molar-refractivity contribution in [1.29, 1.82) is 0 Å². The molecule has 2 saturated heterocycles. The molecule has 0 radical (unpaired) electrons. The molecule has 6 heteroatoms. The van der Waals surface area contributed by atoms with Gasteiger partial charge in [0.25, 0.3) is 0 Å². The van der Waals surface area contributed by atoms with Crippen LogP contribution in [0.25, 0.3) is 0 Å². The van der Waals surface area contributed by atoms with Crippen LogP contribution in [0.5, 0.6) is 0 Å². The van der Waals surface area contributed by atoms with Gasteiger partial charge >= 0.3 is 0 Å². The van der Waals surface area contributed by atoms with E-state index in [9.17, 15) is 9.59 Å². The van der Waals surface area contributed by atoms with E-state index in [1.807, 2.05) is 38.1 Å². The normalized spacial score (nSPS) is 29.8. The van der Waals surface area contributed by atoms with E-state index in [-0.39, 0.29) is 35.5 Å². The maximum absolute atomic E-state index is 13.5. The van der Waals surface area contributed by atoms with Crippen molar-refractivity contribution in [2.45, 2.75) is 26.9 Å². The molecule has 4 heterocycles. The number of aliphatic imine (C=N–C) groups is 2. The van der Waals surface area contributed by atoms with Crippen molar-refractivity contribution in [3.8, 4) is 0 Å². The number of nitrogens with zero attached hydrogens (tertiary/aromatic N) is 4. The van der Waals surface area contributed by atoms with Gasteiger partial charge in [0.15, 0.2) is 0 Å². The van der Waals surface area contributed by atoms with E-state index in [1.165, 1.54) is 0 Å². The molecule has 3 fully saturated rings. The molecule has 5 aliphatic rings. The summed E-state index contributed by atoms with van der Waals surface area (Å²) < 4.78 is 0. The highest BCUT2D eigenvalue weighted by Crippen LogP contribution is 2.59. The van der Waals surface area contributed by atoms with E-state index in [0.717, 1.165) is 45.3 Å². The lowest BCUT2D eigenvalue weighted by atomic mass is 9.58. The Hall–Kier alpha value is -3.28. The molecule has 7 rings (SSSR count). The molecule has 2 aromatic carbocycles. The van der Waals surface area contributed by atoms with Crippen molar-refractivity contribution < 1.29 is 9.59 Å². The minimum absolute atomic E-state index is 0.0665. The average molecular weight is 396 g/mol. The second kappa shape index (κ2) is 5.25. The number of rotatable bonds is 0. The lowest BCUT2D eigenvalue weighted by molar-refractivity contribution is -0.133. The maximum Gasteiger partial charge on any atom is 0.237 e. The third kappa shape index (κ3) is 1.77. The number of hydrogen-bond donors (Lipinski definition) is 0. The summed E-state index contributed by atoms with van der Waals surface area (Å²) >= 11 is 0. The van der Waals surface area contributed by atoms with Crippen LogP contribution in [0.3, 0.4) is 0 Å². The minimum Gasteiger partial charge on any atom is -0.274 e. The highest BCUT2D eigenvalue weighted by molar-refractivity contribution is 6.34. The van der Waals surface area contributed by atoms with Crippen LogP contribution in [0.4, 0.5) is 11.4 Å². The second-order valence-electron chi connectivity index (χ2n) is 9.06. The van der Waals surface area contributed by atoms with Crippen LogP contribution in [0, 0.1) is 37.5 Å². The molecule has 148 valence electrons. The smallest absolute Gasteiger partial charge is 0.237 e. The summed E-state index contributed by atoms with van der Waals surface area (Å²) in [5.41, 5.74) is 6.33. The van der Waals surface area contributed by atoms with Crippen molar-refractivity contribution in [2.75, 3.05) is 9.80 Å². The number of carbonyl (C=O) groups excluding carboxylic acids is 2. The zero-order valence-corrected chi connectivity index (χ0v) is 16.8. The topological polar surface area (TPSA) is 65.3 Å². The van der Waals surface area contributed by atoms with Crippen LogP contribution >= 0.6 is 0 Å². The Kier molecular flexibility index (Phi) is 2.89. The number of hydrogen-bond acceptors (Lipinski definition) is 4. The number of benzene rings is 2. The van der Waals surface area contributed by atoms with E-state index in [1.54, 1.807) is 9.80 Å². The predicted octanol–water partition coefficient (Wildman–Crippen LogP) is 3.00. The van der Waals surface area contributed by atoms with Gasteiger partial charge < -0.3 is 0 Å². The van der Waals surface area contributed by atoms with Crippen LogP contribution in [-0.2, 0) is 22.7 Å². The third-order valence-electron chi connectivity index (χ3n) is 7.39. The van der Waals surface area contributed by atoms with Crippen molar-refractivity contribution >= 4 is 34.9 Å². The molecule has 0 bridgehead atoms. The number of carbonyl (C=O) groups is 2. The Morgan fingerprint density at radius 2 is 1.13 bits per heavy atom. The molecule has 0 N–H and O–H groups in total.